The number of pyridine rings is 1. The molecule has 4 atom stereocenters. The van der Waals surface area contributed by atoms with Crippen LogP contribution in [0.25, 0.3) is 0 Å². The third-order valence-corrected chi connectivity index (χ3v) is 6.52. The number of benzene rings is 2. The highest BCUT2D eigenvalue weighted by Crippen LogP contribution is 2.42. The summed E-state index contributed by atoms with van der Waals surface area (Å²) in [5.41, 5.74) is 6.67. The maximum absolute atomic E-state index is 6.20. The zero-order chi connectivity index (χ0) is 19.7. The predicted molar refractivity (Wildman–Crippen MR) is 113 cm³/mol. The standard InChI is InChI=1S/C25H19N3O2/c1-3-8-16-14(6-1)12-20-22(16)27-24(29-20)18-10-5-11-19(26-18)25-28-23-17-9-4-2-7-15(17)13-21(23)30-25/h1-11,20-23H,12-13H2/t20-,21-,22+,23+/m0/s1. The molecule has 0 saturated heterocycles. The summed E-state index contributed by atoms with van der Waals surface area (Å²) in [6.45, 7) is 0. The fourth-order valence-electron chi connectivity index (χ4n) is 5.12. The number of hydrogen-bond donors (Lipinski definition) is 0. The lowest BCUT2D eigenvalue weighted by Crippen LogP contribution is -2.17. The normalized spacial score (nSPS) is 27.3. The highest BCUT2D eigenvalue weighted by atomic mass is 16.5. The number of rotatable bonds is 2. The van der Waals surface area contributed by atoms with Crippen molar-refractivity contribution in [3.63, 3.8) is 0 Å². The lowest BCUT2D eigenvalue weighted by Gasteiger charge is -2.10. The first-order valence-electron chi connectivity index (χ1n) is 10.5. The smallest absolute Gasteiger partial charge is 0.236 e. The zero-order valence-corrected chi connectivity index (χ0v) is 16.2. The SMILES string of the molecule is c1cc(C2=N[C@@H]3c4ccccc4C[C@@H]3O2)nc(C2=N[C@@H]3c4ccccc4C[C@@H]3O2)c1. The molecule has 30 heavy (non-hydrogen) atoms. The van der Waals surface area contributed by atoms with Crippen molar-refractivity contribution < 1.29 is 9.47 Å². The molecule has 1 aromatic heterocycles. The summed E-state index contributed by atoms with van der Waals surface area (Å²) in [5.74, 6) is 1.23. The van der Waals surface area contributed by atoms with E-state index in [9.17, 15) is 0 Å². The first-order valence-corrected chi connectivity index (χ1v) is 10.5. The third kappa shape index (κ3) is 2.32. The molecule has 3 aromatic rings. The van der Waals surface area contributed by atoms with Gasteiger partial charge in [0.25, 0.3) is 0 Å². The second kappa shape index (κ2) is 6.02. The highest BCUT2D eigenvalue weighted by Gasteiger charge is 2.41. The average Bonchev–Trinajstić information content (AvgIpc) is 3.52. The summed E-state index contributed by atoms with van der Waals surface area (Å²) in [5, 5.41) is 0. The Labute approximate surface area is 174 Å². The molecule has 146 valence electrons. The van der Waals surface area contributed by atoms with Crippen molar-refractivity contribution in [2.45, 2.75) is 37.1 Å². The van der Waals surface area contributed by atoms with E-state index in [1.165, 1.54) is 22.3 Å². The molecular formula is C25H19N3O2. The molecule has 2 aliphatic carbocycles. The zero-order valence-electron chi connectivity index (χ0n) is 16.2. The molecule has 3 heterocycles. The van der Waals surface area contributed by atoms with Crippen LogP contribution in [0.5, 0.6) is 0 Å². The average molecular weight is 393 g/mol. The van der Waals surface area contributed by atoms with Crippen LogP contribution < -0.4 is 0 Å². The van der Waals surface area contributed by atoms with E-state index in [0.29, 0.717) is 11.8 Å². The summed E-state index contributed by atoms with van der Waals surface area (Å²) in [7, 11) is 0. The topological polar surface area (TPSA) is 56.1 Å². The van der Waals surface area contributed by atoms with Gasteiger partial charge >= 0.3 is 0 Å². The van der Waals surface area contributed by atoms with E-state index in [1.54, 1.807) is 0 Å². The van der Waals surface area contributed by atoms with E-state index in [1.807, 2.05) is 18.2 Å². The van der Waals surface area contributed by atoms with Crippen LogP contribution in [0, 0.1) is 0 Å². The molecule has 0 amide bonds. The van der Waals surface area contributed by atoms with Gasteiger partial charge in [-0.25, -0.2) is 15.0 Å². The van der Waals surface area contributed by atoms with E-state index >= 15 is 0 Å². The summed E-state index contributed by atoms with van der Waals surface area (Å²) >= 11 is 0. The molecule has 5 nitrogen and oxygen atoms in total. The lowest BCUT2D eigenvalue weighted by atomic mass is 10.1. The van der Waals surface area contributed by atoms with Crippen molar-refractivity contribution >= 4 is 11.8 Å². The first-order chi connectivity index (χ1) is 14.8. The number of aromatic nitrogens is 1. The molecule has 0 bridgehead atoms. The van der Waals surface area contributed by atoms with Crippen LogP contribution in [-0.4, -0.2) is 29.0 Å². The van der Waals surface area contributed by atoms with Crippen LogP contribution in [0.3, 0.4) is 0 Å². The minimum Gasteiger partial charge on any atom is -0.470 e. The van der Waals surface area contributed by atoms with Crippen molar-refractivity contribution in [3.8, 4) is 0 Å². The molecule has 0 N–H and O–H groups in total. The van der Waals surface area contributed by atoms with Crippen molar-refractivity contribution in [2.75, 3.05) is 0 Å². The van der Waals surface area contributed by atoms with Gasteiger partial charge in [0.2, 0.25) is 11.8 Å². The second-order valence-corrected chi connectivity index (χ2v) is 8.28. The molecule has 0 fully saturated rings. The van der Waals surface area contributed by atoms with E-state index < -0.39 is 0 Å². The molecule has 2 aromatic carbocycles. The summed E-state index contributed by atoms with van der Waals surface area (Å²) in [6.07, 6.45) is 1.93. The van der Waals surface area contributed by atoms with Gasteiger partial charge < -0.3 is 9.47 Å². The minimum atomic E-state index is 0.0672. The van der Waals surface area contributed by atoms with Gasteiger partial charge in [0.15, 0.2) is 0 Å². The van der Waals surface area contributed by atoms with Crippen molar-refractivity contribution in [2.24, 2.45) is 9.98 Å². The van der Waals surface area contributed by atoms with Gasteiger partial charge in [-0.3, -0.25) is 0 Å². The number of ether oxygens (including phenoxy) is 2. The molecular weight excluding hydrogens is 374 g/mol. The van der Waals surface area contributed by atoms with Gasteiger partial charge in [-0.1, -0.05) is 54.6 Å². The Balaban J connectivity index is 1.20. The van der Waals surface area contributed by atoms with Gasteiger partial charge in [0, 0.05) is 12.8 Å². The summed E-state index contributed by atoms with van der Waals surface area (Å²) in [6, 6.07) is 22.9. The van der Waals surface area contributed by atoms with E-state index in [2.05, 4.69) is 48.5 Å². The van der Waals surface area contributed by atoms with Gasteiger partial charge in [-0.2, -0.15) is 0 Å². The highest BCUT2D eigenvalue weighted by molar-refractivity contribution is 5.97. The molecule has 4 aliphatic rings. The second-order valence-electron chi connectivity index (χ2n) is 8.28. The number of aliphatic imine (C=N–C) groups is 2. The maximum atomic E-state index is 6.20. The molecule has 0 radical (unpaired) electrons. The first kappa shape index (κ1) is 16.3. The molecule has 0 unspecified atom stereocenters. The summed E-state index contributed by atoms with van der Waals surface area (Å²) < 4.78 is 12.4. The Morgan fingerprint density at radius 2 is 1.10 bits per heavy atom. The fourth-order valence-corrected chi connectivity index (χ4v) is 5.12. The van der Waals surface area contributed by atoms with E-state index in [-0.39, 0.29) is 24.3 Å². The molecule has 7 rings (SSSR count). The number of fused-ring (bicyclic) bond motifs is 6. The lowest BCUT2D eigenvalue weighted by molar-refractivity contribution is 0.205. The number of hydrogen-bond acceptors (Lipinski definition) is 5. The largest absolute Gasteiger partial charge is 0.470 e. The molecule has 2 aliphatic heterocycles. The van der Waals surface area contributed by atoms with Crippen LogP contribution in [-0.2, 0) is 22.3 Å². The Morgan fingerprint density at radius 3 is 1.63 bits per heavy atom. The third-order valence-electron chi connectivity index (χ3n) is 6.52. The van der Waals surface area contributed by atoms with Crippen LogP contribution >= 0.6 is 0 Å². The van der Waals surface area contributed by atoms with Crippen molar-refractivity contribution in [3.05, 3.63) is 100 Å². The van der Waals surface area contributed by atoms with Gasteiger partial charge in [0.1, 0.15) is 35.7 Å². The fraction of sp³-hybridized carbons (Fsp3) is 0.240. The van der Waals surface area contributed by atoms with Gasteiger partial charge in [-0.05, 0) is 34.4 Å². The van der Waals surface area contributed by atoms with E-state index in [4.69, 9.17) is 24.4 Å². The molecule has 0 spiro atoms. The maximum Gasteiger partial charge on any atom is 0.236 e. The van der Waals surface area contributed by atoms with Crippen LogP contribution in [0.4, 0.5) is 0 Å². The van der Waals surface area contributed by atoms with Crippen LogP contribution in [0.1, 0.15) is 45.7 Å². The number of nitrogens with zero attached hydrogens (tertiary/aromatic N) is 3. The van der Waals surface area contributed by atoms with Gasteiger partial charge in [-0.15, -0.1) is 0 Å². The quantitative estimate of drug-likeness (QED) is 0.662. The van der Waals surface area contributed by atoms with Crippen LogP contribution in [0.15, 0.2) is 76.7 Å². The Kier molecular flexibility index (Phi) is 3.28. The Morgan fingerprint density at radius 1 is 0.600 bits per heavy atom. The minimum absolute atomic E-state index is 0.0672. The predicted octanol–water partition coefficient (Wildman–Crippen LogP) is 3.97. The van der Waals surface area contributed by atoms with Crippen molar-refractivity contribution in [1.29, 1.82) is 0 Å². The van der Waals surface area contributed by atoms with Gasteiger partial charge in [0.05, 0.1) is 0 Å². The Bertz CT molecular complexity index is 1160. The van der Waals surface area contributed by atoms with Crippen molar-refractivity contribution in [1.82, 2.24) is 4.98 Å². The van der Waals surface area contributed by atoms with Crippen LogP contribution in [0.2, 0.25) is 0 Å². The Hall–Kier alpha value is -3.47. The monoisotopic (exact) mass is 393 g/mol. The molecule has 0 saturated carbocycles. The summed E-state index contributed by atoms with van der Waals surface area (Å²) in [4.78, 5) is 14.5. The van der Waals surface area contributed by atoms with E-state index in [0.717, 1.165) is 24.2 Å². The molecule has 5 heteroatoms.